The van der Waals surface area contributed by atoms with E-state index in [9.17, 15) is 14.4 Å². The van der Waals surface area contributed by atoms with Crippen LogP contribution in [0.4, 0.5) is 0 Å². The number of hydrogen-bond acceptors (Lipinski definition) is 6. The minimum absolute atomic E-state index is 0.0617. The van der Waals surface area contributed by atoms with Gasteiger partial charge in [-0.25, -0.2) is 0 Å². The lowest BCUT2D eigenvalue weighted by Crippen LogP contribution is -2.30. The summed E-state index contributed by atoms with van der Waals surface area (Å²) in [6.07, 6.45) is 59.5. The summed E-state index contributed by atoms with van der Waals surface area (Å²) in [5.41, 5.74) is 0. The Balaban J connectivity index is 4.29. The summed E-state index contributed by atoms with van der Waals surface area (Å²) in [4.78, 5) is 38.2. The monoisotopic (exact) mass is 933 g/mol. The van der Waals surface area contributed by atoms with Crippen LogP contribution >= 0.6 is 0 Å². The minimum Gasteiger partial charge on any atom is -0.462 e. The summed E-state index contributed by atoms with van der Waals surface area (Å²) >= 11 is 0. The summed E-state index contributed by atoms with van der Waals surface area (Å²) in [6, 6.07) is 0. The van der Waals surface area contributed by atoms with E-state index in [4.69, 9.17) is 14.2 Å². The lowest BCUT2D eigenvalue weighted by Gasteiger charge is -2.18. The second-order valence-electron chi connectivity index (χ2n) is 21.1. The van der Waals surface area contributed by atoms with Gasteiger partial charge >= 0.3 is 17.9 Å². The number of carbonyl (C=O) groups excluding carboxylic acids is 3. The fourth-order valence-electron chi connectivity index (χ4n) is 9.28. The lowest BCUT2D eigenvalue weighted by molar-refractivity contribution is -0.167. The van der Waals surface area contributed by atoms with Gasteiger partial charge in [-0.15, -0.1) is 0 Å². The lowest BCUT2D eigenvalue weighted by atomic mass is 10.0. The second kappa shape index (κ2) is 54.4. The van der Waals surface area contributed by atoms with Gasteiger partial charge in [0.25, 0.3) is 0 Å². The van der Waals surface area contributed by atoms with Gasteiger partial charge in [0, 0.05) is 19.3 Å². The summed E-state index contributed by atoms with van der Waals surface area (Å²) in [5, 5.41) is 0. The van der Waals surface area contributed by atoms with Crippen molar-refractivity contribution in [1.82, 2.24) is 0 Å². The molecule has 0 heterocycles. The van der Waals surface area contributed by atoms with E-state index in [1.165, 1.54) is 238 Å². The molecule has 0 fully saturated rings. The van der Waals surface area contributed by atoms with Crippen LogP contribution in [-0.4, -0.2) is 37.2 Å². The van der Waals surface area contributed by atoms with Gasteiger partial charge in [0.05, 0.1) is 0 Å². The number of hydrogen-bond donors (Lipinski definition) is 0. The normalized spacial score (nSPS) is 12.0. The van der Waals surface area contributed by atoms with E-state index in [-0.39, 0.29) is 31.1 Å². The fourth-order valence-corrected chi connectivity index (χ4v) is 9.28. The maximum atomic E-state index is 12.9. The molecule has 0 bridgehead atoms. The third-order valence-electron chi connectivity index (χ3n) is 13.8. The summed E-state index contributed by atoms with van der Waals surface area (Å²) < 4.78 is 16.9. The Kier molecular flexibility index (Phi) is 53.0. The first-order valence-electron chi connectivity index (χ1n) is 29.9. The highest BCUT2D eigenvalue weighted by Crippen LogP contribution is 2.18. The molecule has 1 atom stereocenters. The molecule has 0 radical (unpaired) electrons. The highest BCUT2D eigenvalue weighted by atomic mass is 16.6. The molecule has 0 aromatic carbocycles. The van der Waals surface area contributed by atoms with Crippen molar-refractivity contribution >= 4 is 17.9 Å². The van der Waals surface area contributed by atoms with Crippen molar-refractivity contribution in [3.63, 3.8) is 0 Å². The molecule has 0 aliphatic carbocycles. The van der Waals surface area contributed by atoms with Crippen LogP contribution in [0.1, 0.15) is 342 Å². The van der Waals surface area contributed by atoms with Crippen LogP contribution in [-0.2, 0) is 28.6 Å². The molecule has 0 saturated heterocycles. The van der Waals surface area contributed by atoms with Crippen molar-refractivity contribution in [1.29, 1.82) is 0 Å². The van der Waals surface area contributed by atoms with Gasteiger partial charge in [-0.1, -0.05) is 304 Å². The van der Waals surface area contributed by atoms with Crippen LogP contribution in [0.3, 0.4) is 0 Å². The first kappa shape index (κ1) is 64.4. The van der Waals surface area contributed by atoms with Crippen LogP contribution in [0.5, 0.6) is 0 Å². The van der Waals surface area contributed by atoms with Crippen LogP contribution in [0.15, 0.2) is 0 Å². The maximum absolute atomic E-state index is 12.9. The van der Waals surface area contributed by atoms with E-state index in [1.54, 1.807) is 0 Å². The second-order valence-corrected chi connectivity index (χ2v) is 21.1. The Morgan fingerprint density at radius 3 is 0.742 bits per heavy atom. The SMILES string of the molecule is CCCCCCCCCCCCCCCCCCCC(=O)OC[C@@H](COC(=O)CCCCCCCCCCCCCCCCCC)OC(=O)CCCCCCCCCCCCCCC(C)C. The zero-order chi connectivity index (χ0) is 48.1. The smallest absolute Gasteiger partial charge is 0.306 e. The molecule has 6 heteroatoms. The Morgan fingerprint density at radius 1 is 0.288 bits per heavy atom. The van der Waals surface area contributed by atoms with Crippen LogP contribution in [0.2, 0.25) is 0 Å². The first-order chi connectivity index (χ1) is 32.4. The Morgan fingerprint density at radius 2 is 0.500 bits per heavy atom. The van der Waals surface area contributed by atoms with Crippen LogP contribution in [0, 0.1) is 5.92 Å². The molecule has 392 valence electrons. The van der Waals surface area contributed by atoms with E-state index in [0.29, 0.717) is 19.3 Å². The van der Waals surface area contributed by atoms with Crippen molar-refractivity contribution in [3.8, 4) is 0 Å². The predicted molar refractivity (Wildman–Crippen MR) is 284 cm³/mol. The van der Waals surface area contributed by atoms with Gasteiger partial charge < -0.3 is 14.2 Å². The average molecular weight is 934 g/mol. The fraction of sp³-hybridized carbons (Fsp3) is 0.950. The number of rotatable bonds is 55. The molecule has 0 aromatic rings. The number of esters is 3. The first-order valence-corrected chi connectivity index (χ1v) is 29.9. The topological polar surface area (TPSA) is 78.9 Å². The number of carbonyl (C=O) groups is 3. The molecule has 0 aromatic heterocycles. The van der Waals surface area contributed by atoms with Gasteiger partial charge in [0.1, 0.15) is 13.2 Å². The van der Waals surface area contributed by atoms with E-state index in [0.717, 1.165) is 63.7 Å². The minimum atomic E-state index is -0.762. The number of unbranched alkanes of at least 4 members (excludes halogenated alkanes) is 42. The molecule has 66 heavy (non-hydrogen) atoms. The predicted octanol–water partition coefficient (Wildman–Crippen LogP) is 19.8. The Labute approximate surface area is 412 Å². The van der Waals surface area contributed by atoms with Crippen molar-refractivity contribution in [2.75, 3.05) is 13.2 Å². The quantitative estimate of drug-likeness (QED) is 0.0343. The third-order valence-corrected chi connectivity index (χ3v) is 13.8. The van der Waals surface area contributed by atoms with E-state index in [2.05, 4.69) is 27.7 Å². The molecule has 0 N–H and O–H groups in total. The third kappa shape index (κ3) is 53.4. The zero-order valence-electron chi connectivity index (χ0n) is 45.2. The maximum Gasteiger partial charge on any atom is 0.306 e. The van der Waals surface area contributed by atoms with Crippen LogP contribution in [0.25, 0.3) is 0 Å². The van der Waals surface area contributed by atoms with Gasteiger partial charge in [0.15, 0.2) is 6.10 Å². The summed E-state index contributed by atoms with van der Waals surface area (Å²) in [6.45, 7) is 9.07. The van der Waals surface area contributed by atoms with E-state index >= 15 is 0 Å². The highest BCUT2D eigenvalue weighted by molar-refractivity contribution is 5.71. The molecule has 0 amide bonds. The zero-order valence-corrected chi connectivity index (χ0v) is 45.2. The molecule has 0 spiro atoms. The summed E-state index contributed by atoms with van der Waals surface area (Å²) in [7, 11) is 0. The van der Waals surface area contributed by atoms with Gasteiger partial charge in [-0.05, 0) is 25.2 Å². The standard InChI is InChI=1S/C60H116O6/c1-5-7-9-11-13-15-17-19-21-23-25-27-32-36-40-44-48-52-59(62)65-55-57(66-60(63)53-49-45-41-37-33-29-28-30-34-38-42-46-50-56(3)4)54-64-58(61)51-47-43-39-35-31-26-24-22-20-18-16-14-12-10-8-6-2/h56-57H,5-55H2,1-4H3/t57-/m1/s1. The molecule has 6 nitrogen and oxygen atoms in total. The Hall–Kier alpha value is -1.59. The highest BCUT2D eigenvalue weighted by Gasteiger charge is 2.19. The Bertz CT molecular complexity index is 996. The van der Waals surface area contributed by atoms with Crippen molar-refractivity contribution in [2.24, 2.45) is 5.92 Å². The average Bonchev–Trinajstić information content (AvgIpc) is 3.30. The molecular weight excluding hydrogens is 817 g/mol. The molecular formula is C60H116O6. The van der Waals surface area contributed by atoms with Gasteiger partial charge in [-0.3, -0.25) is 14.4 Å². The van der Waals surface area contributed by atoms with Gasteiger partial charge in [0.2, 0.25) is 0 Å². The van der Waals surface area contributed by atoms with Gasteiger partial charge in [-0.2, -0.15) is 0 Å². The molecule has 0 saturated carbocycles. The summed E-state index contributed by atoms with van der Waals surface area (Å²) in [5.74, 6) is -0.000679. The van der Waals surface area contributed by atoms with E-state index < -0.39 is 6.10 Å². The van der Waals surface area contributed by atoms with Crippen molar-refractivity contribution < 1.29 is 28.6 Å². The molecule has 0 aliphatic heterocycles. The largest absolute Gasteiger partial charge is 0.462 e. The van der Waals surface area contributed by atoms with Crippen molar-refractivity contribution in [3.05, 3.63) is 0 Å². The van der Waals surface area contributed by atoms with E-state index in [1.807, 2.05) is 0 Å². The van der Waals surface area contributed by atoms with Crippen molar-refractivity contribution in [2.45, 2.75) is 348 Å². The van der Waals surface area contributed by atoms with Crippen LogP contribution < -0.4 is 0 Å². The molecule has 0 unspecified atom stereocenters. The molecule has 0 aliphatic rings. The number of ether oxygens (including phenoxy) is 3. The molecule has 0 rings (SSSR count).